The minimum absolute atomic E-state index is 0.0563. The van der Waals surface area contributed by atoms with E-state index in [2.05, 4.69) is 18.7 Å². The molecule has 0 bridgehead atoms. The summed E-state index contributed by atoms with van der Waals surface area (Å²) in [6, 6.07) is 0.201. The number of aliphatic hydroxyl groups is 1. The van der Waals surface area contributed by atoms with Crippen molar-refractivity contribution in [2.24, 2.45) is 11.1 Å². The Kier molecular flexibility index (Phi) is 5.22. The van der Waals surface area contributed by atoms with Gasteiger partial charge in [-0.05, 0) is 38.3 Å². The molecule has 0 aromatic heterocycles. The average molecular weight is 228 g/mol. The summed E-state index contributed by atoms with van der Waals surface area (Å²) in [7, 11) is 0. The van der Waals surface area contributed by atoms with Crippen molar-refractivity contribution in [2.75, 3.05) is 19.7 Å². The zero-order valence-corrected chi connectivity index (χ0v) is 11.1. The summed E-state index contributed by atoms with van der Waals surface area (Å²) < 4.78 is 0. The van der Waals surface area contributed by atoms with Gasteiger partial charge in [0.2, 0.25) is 0 Å². The fraction of sp³-hybridized carbons (Fsp3) is 1.00. The second kappa shape index (κ2) is 5.99. The first kappa shape index (κ1) is 13.9. The van der Waals surface area contributed by atoms with Gasteiger partial charge in [0.1, 0.15) is 0 Å². The van der Waals surface area contributed by atoms with Crippen LogP contribution in [-0.4, -0.2) is 41.8 Å². The summed E-state index contributed by atoms with van der Waals surface area (Å²) in [5.41, 5.74) is 6.46. The third-order valence-electron chi connectivity index (χ3n) is 4.62. The number of hydrogen-bond acceptors (Lipinski definition) is 3. The van der Waals surface area contributed by atoms with Crippen LogP contribution in [0.1, 0.15) is 46.5 Å². The fourth-order valence-corrected chi connectivity index (χ4v) is 2.90. The Bertz CT molecular complexity index is 192. The van der Waals surface area contributed by atoms with E-state index in [1.54, 1.807) is 0 Å². The fourth-order valence-electron chi connectivity index (χ4n) is 2.90. The van der Waals surface area contributed by atoms with Crippen molar-refractivity contribution in [3.05, 3.63) is 0 Å². The molecular formula is C13H28N2O. The van der Waals surface area contributed by atoms with Gasteiger partial charge in [-0.3, -0.25) is 4.90 Å². The minimum atomic E-state index is 0.0563. The van der Waals surface area contributed by atoms with Crippen molar-refractivity contribution in [3.63, 3.8) is 0 Å². The molecule has 0 aromatic carbocycles. The molecule has 1 heterocycles. The standard InChI is InChI=1S/C13H28N2O/c1-4-13(5-2)6-8-15(9-7-13)12(10-16)11(3)14/h11-12,16H,4-10,14H2,1-3H3. The Morgan fingerprint density at radius 1 is 1.25 bits per heavy atom. The van der Waals surface area contributed by atoms with Crippen molar-refractivity contribution in [1.82, 2.24) is 4.90 Å². The first-order chi connectivity index (χ1) is 7.58. The van der Waals surface area contributed by atoms with Gasteiger partial charge < -0.3 is 10.8 Å². The van der Waals surface area contributed by atoms with E-state index in [1.165, 1.54) is 25.7 Å². The van der Waals surface area contributed by atoms with Gasteiger partial charge in [0, 0.05) is 12.1 Å². The minimum Gasteiger partial charge on any atom is -0.395 e. The molecule has 2 atom stereocenters. The maximum absolute atomic E-state index is 9.37. The molecule has 1 aliphatic heterocycles. The second-order valence-electron chi connectivity index (χ2n) is 5.35. The topological polar surface area (TPSA) is 49.5 Å². The zero-order valence-electron chi connectivity index (χ0n) is 11.1. The lowest BCUT2D eigenvalue weighted by Crippen LogP contribution is -2.53. The van der Waals surface area contributed by atoms with Crippen LogP contribution in [0, 0.1) is 5.41 Å². The highest BCUT2D eigenvalue weighted by Crippen LogP contribution is 2.38. The molecule has 0 radical (unpaired) electrons. The predicted octanol–water partition coefficient (Wildman–Crippen LogP) is 1.60. The quantitative estimate of drug-likeness (QED) is 0.751. The van der Waals surface area contributed by atoms with Crippen LogP contribution in [0.4, 0.5) is 0 Å². The van der Waals surface area contributed by atoms with Crippen molar-refractivity contribution in [1.29, 1.82) is 0 Å². The third-order valence-corrected chi connectivity index (χ3v) is 4.62. The molecular weight excluding hydrogens is 200 g/mol. The molecule has 1 saturated heterocycles. The summed E-state index contributed by atoms with van der Waals surface area (Å²) in [6.45, 7) is 8.96. The first-order valence-corrected chi connectivity index (χ1v) is 6.69. The van der Waals surface area contributed by atoms with Gasteiger partial charge in [0.15, 0.2) is 0 Å². The largest absolute Gasteiger partial charge is 0.395 e. The van der Waals surface area contributed by atoms with Crippen molar-refractivity contribution < 1.29 is 5.11 Å². The average Bonchev–Trinajstić information content (AvgIpc) is 2.31. The van der Waals surface area contributed by atoms with E-state index in [1.807, 2.05) is 6.92 Å². The molecule has 0 aromatic rings. The number of hydrogen-bond donors (Lipinski definition) is 2. The van der Waals surface area contributed by atoms with Crippen molar-refractivity contribution in [2.45, 2.75) is 58.5 Å². The molecule has 1 aliphatic rings. The molecule has 3 nitrogen and oxygen atoms in total. The molecule has 0 spiro atoms. The van der Waals surface area contributed by atoms with Crippen LogP contribution >= 0.6 is 0 Å². The van der Waals surface area contributed by atoms with Gasteiger partial charge >= 0.3 is 0 Å². The van der Waals surface area contributed by atoms with Crippen LogP contribution < -0.4 is 5.73 Å². The summed E-state index contributed by atoms with van der Waals surface area (Å²) in [6.07, 6.45) is 5.06. The van der Waals surface area contributed by atoms with Crippen LogP contribution in [0.15, 0.2) is 0 Å². The van der Waals surface area contributed by atoms with Crippen molar-refractivity contribution in [3.8, 4) is 0 Å². The van der Waals surface area contributed by atoms with Crippen LogP contribution in [-0.2, 0) is 0 Å². The SMILES string of the molecule is CCC1(CC)CCN(C(CO)C(C)N)CC1. The second-order valence-corrected chi connectivity index (χ2v) is 5.35. The highest BCUT2D eigenvalue weighted by atomic mass is 16.3. The summed E-state index contributed by atoms with van der Waals surface area (Å²) in [5, 5.41) is 9.37. The molecule has 3 heteroatoms. The van der Waals surface area contributed by atoms with Crippen LogP contribution in [0.25, 0.3) is 0 Å². The van der Waals surface area contributed by atoms with Gasteiger partial charge in [-0.25, -0.2) is 0 Å². The number of piperidine rings is 1. The Morgan fingerprint density at radius 2 is 1.75 bits per heavy atom. The van der Waals surface area contributed by atoms with Gasteiger partial charge in [0.25, 0.3) is 0 Å². The van der Waals surface area contributed by atoms with E-state index in [9.17, 15) is 5.11 Å². The Balaban J connectivity index is 2.53. The first-order valence-electron chi connectivity index (χ1n) is 6.69. The van der Waals surface area contributed by atoms with Crippen LogP contribution in [0.5, 0.6) is 0 Å². The van der Waals surface area contributed by atoms with E-state index in [0.29, 0.717) is 5.41 Å². The summed E-state index contributed by atoms with van der Waals surface area (Å²) >= 11 is 0. The molecule has 0 saturated carbocycles. The molecule has 0 amide bonds. The van der Waals surface area contributed by atoms with E-state index in [0.717, 1.165) is 13.1 Å². The number of likely N-dealkylation sites (tertiary alicyclic amines) is 1. The monoisotopic (exact) mass is 228 g/mol. The Morgan fingerprint density at radius 3 is 2.06 bits per heavy atom. The lowest BCUT2D eigenvalue weighted by Gasteiger charge is -2.44. The van der Waals surface area contributed by atoms with E-state index in [-0.39, 0.29) is 18.7 Å². The molecule has 0 aliphatic carbocycles. The lowest BCUT2D eigenvalue weighted by molar-refractivity contribution is 0.0358. The van der Waals surface area contributed by atoms with Crippen molar-refractivity contribution >= 4 is 0 Å². The Hall–Kier alpha value is -0.120. The number of aliphatic hydroxyl groups excluding tert-OH is 1. The summed E-state index contributed by atoms with van der Waals surface area (Å²) in [4.78, 5) is 2.37. The van der Waals surface area contributed by atoms with E-state index >= 15 is 0 Å². The normalized spacial score (nSPS) is 25.3. The molecule has 2 unspecified atom stereocenters. The molecule has 16 heavy (non-hydrogen) atoms. The highest BCUT2D eigenvalue weighted by Gasteiger charge is 2.34. The number of nitrogens with two attached hydrogens (primary N) is 1. The Labute approximate surface area is 100 Å². The third kappa shape index (κ3) is 2.96. The number of rotatable bonds is 5. The van der Waals surface area contributed by atoms with Gasteiger partial charge in [-0.15, -0.1) is 0 Å². The zero-order chi connectivity index (χ0) is 12.2. The highest BCUT2D eigenvalue weighted by molar-refractivity contribution is 4.88. The summed E-state index contributed by atoms with van der Waals surface area (Å²) in [5.74, 6) is 0. The molecule has 3 N–H and O–H groups in total. The van der Waals surface area contributed by atoms with Gasteiger partial charge in [-0.1, -0.05) is 26.7 Å². The smallest absolute Gasteiger partial charge is 0.0601 e. The van der Waals surface area contributed by atoms with E-state index < -0.39 is 0 Å². The van der Waals surface area contributed by atoms with Gasteiger partial charge in [-0.2, -0.15) is 0 Å². The predicted molar refractivity (Wildman–Crippen MR) is 68.3 cm³/mol. The van der Waals surface area contributed by atoms with E-state index in [4.69, 9.17) is 5.73 Å². The maximum Gasteiger partial charge on any atom is 0.0601 e. The maximum atomic E-state index is 9.37. The molecule has 1 rings (SSSR count). The molecule has 96 valence electrons. The van der Waals surface area contributed by atoms with Crippen LogP contribution in [0.3, 0.4) is 0 Å². The van der Waals surface area contributed by atoms with Gasteiger partial charge in [0.05, 0.1) is 6.61 Å². The lowest BCUT2D eigenvalue weighted by atomic mass is 9.74. The molecule has 1 fully saturated rings. The van der Waals surface area contributed by atoms with Crippen LogP contribution in [0.2, 0.25) is 0 Å². The number of nitrogens with zero attached hydrogens (tertiary/aromatic N) is 1.